The minimum absolute atomic E-state index is 0.326. The van der Waals surface area contributed by atoms with E-state index in [0.717, 1.165) is 16.6 Å². The van der Waals surface area contributed by atoms with Crippen molar-refractivity contribution in [1.82, 2.24) is 19.9 Å². The van der Waals surface area contributed by atoms with Gasteiger partial charge in [-0.2, -0.15) is 0 Å². The number of H-pyrrole nitrogens is 1. The highest BCUT2D eigenvalue weighted by molar-refractivity contribution is 6.29. The van der Waals surface area contributed by atoms with E-state index < -0.39 is 0 Å². The molecule has 0 spiro atoms. The van der Waals surface area contributed by atoms with Crippen LogP contribution in [0.3, 0.4) is 0 Å². The molecule has 0 fully saturated rings. The first kappa shape index (κ1) is 16.2. The number of anilines is 2. The second-order valence-corrected chi connectivity index (χ2v) is 6.03. The molecular formula is C18H15ClN6O. The van der Waals surface area contributed by atoms with E-state index in [1.807, 2.05) is 42.5 Å². The van der Waals surface area contributed by atoms with Crippen LogP contribution < -0.4 is 15.8 Å². The predicted octanol–water partition coefficient (Wildman–Crippen LogP) is 3.99. The summed E-state index contributed by atoms with van der Waals surface area (Å²) < 4.78 is 5.62. The molecule has 8 heteroatoms. The van der Waals surface area contributed by atoms with E-state index in [2.05, 4.69) is 25.3 Å². The van der Waals surface area contributed by atoms with Gasteiger partial charge in [-0.1, -0.05) is 23.7 Å². The molecule has 2 aromatic heterocycles. The van der Waals surface area contributed by atoms with Gasteiger partial charge in [-0.3, -0.25) is 0 Å². The Morgan fingerprint density at radius 2 is 1.92 bits per heavy atom. The number of aromatic nitrogens is 4. The highest BCUT2D eigenvalue weighted by Gasteiger charge is 2.04. The summed E-state index contributed by atoms with van der Waals surface area (Å²) in [6.07, 6.45) is 2.92. The quantitative estimate of drug-likeness (QED) is 0.461. The third-order valence-corrected chi connectivity index (χ3v) is 3.90. The van der Waals surface area contributed by atoms with Crippen LogP contribution in [0.5, 0.6) is 11.6 Å². The van der Waals surface area contributed by atoms with Gasteiger partial charge >= 0.3 is 0 Å². The number of nitrogens with two attached hydrogens (primary N) is 1. The number of hydrogen-bond donors (Lipinski definition) is 3. The van der Waals surface area contributed by atoms with E-state index in [0.29, 0.717) is 35.0 Å². The van der Waals surface area contributed by atoms with Gasteiger partial charge in [0, 0.05) is 12.2 Å². The van der Waals surface area contributed by atoms with Gasteiger partial charge in [0.05, 0.1) is 23.4 Å². The summed E-state index contributed by atoms with van der Waals surface area (Å²) in [7, 11) is 0. The largest absolute Gasteiger partial charge is 0.438 e. The molecule has 4 N–H and O–H groups in total. The lowest BCUT2D eigenvalue weighted by atomic mass is 10.2. The molecule has 2 heterocycles. The molecule has 0 aliphatic carbocycles. The second kappa shape index (κ2) is 6.89. The predicted molar refractivity (Wildman–Crippen MR) is 101 cm³/mol. The molecule has 0 saturated carbocycles. The molecule has 0 unspecified atom stereocenters. The van der Waals surface area contributed by atoms with Crippen LogP contribution in [-0.2, 0) is 6.54 Å². The lowest BCUT2D eigenvalue weighted by molar-refractivity contribution is 0.460. The normalized spacial score (nSPS) is 10.8. The highest BCUT2D eigenvalue weighted by atomic mass is 35.5. The topological polar surface area (TPSA) is 102 Å². The van der Waals surface area contributed by atoms with E-state index in [1.165, 1.54) is 12.4 Å². The molecule has 7 nitrogen and oxygen atoms in total. The highest BCUT2D eigenvalue weighted by Crippen LogP contribution is 2.21. The van der Waals surface area contributed by atoms with Crippen molar-refractivity contribution < 1.29 is 4.74 Å². The molecule has 0 aliphatic heterocycles. The number of ether oxygens (including phenoxy) is 1. The van der Waals surface area contributed by atoms with Crippen LogP contribution in [0.15, 0.2) is 54.9 Å². The van der Waals surface area contributed by atoms with Crippen LogP contribution in [0, 0.1) is 0 Å². The Balaban J connectivity index is 1.39. The fraction of sp³-hybridized carbons (Fsp3) is 0.0556. The summed E-state index contributed by atoms with van der Waals surface area (Å²) in [4.78, 5) is 15.7. The number of nitrogens with one attached hydrogen (secondary N) is 2. The number of benzene rings is 2. The SMILES string of the molecule is Nc1ccc2nc(NCc3ccc(Oc4cnc(Cl)cn4)cc3)[nH]c2c1. The zero-order chi connectivity index (χ0) is 17.9. The van der Waals surface area contributed by atoms with Gasteiger partial charge in [0.2, 0.25) is 11.8 Å². The van der Waals surface area contributed by atoms with E-state index in [-0.39, 0.29) is 0 Å². The maximum absolute atomic E-state index is 5.78. The average Bonchev–Trinajstić information content (AvgIpc) is 3.05. The Kier molecular flexibility index (Phi) is 4.28. The molecule has 0 aliphatic rings. The van der Waals surface area contributed by atoms with Crippen molar-refractivity contribution in [1.29, 1.82) is 0 Å². The second-order valence-electron chi connectivity index (χ2n) is 5.64. The first-order valence-corrected chi connectivity index (χ1v) is 8.27. The first-order chi connectivity index (χ1) is 12.7. The summed E-state index contributed by atoms with van der Waals surface area (Å²) in [5.74, 6) is 1.76. The summed E-state index contributed by atoms with van der Waals surface area (Å²) in [5.41, 5.74) is 9.34. The molecule has 26 heavy (non-hydrogen) atoms. The molecule has 0 amide bonds. The van der Waals surface area contributed by atoms with Gasteiger partial charge in [-0.05, 0) is 35.9 Å². The molecule has 2 aromatic carbocycles. The van der Waals surface area contributed by atoms with Crippen molar-refractivity contribution in [2.75, 3.05) is 11.1 Å². The Morgan fingerprint density at radius 3 is 2.69 bits per heavy atom. The lowest BCUT2D eigenvalue weighted by Crippen LogP contribution is -2.00. The van der Waals surface area contributed by atoms with Crippen LogP contribution in [0.4, 0.5) is 11.6 Å². The number of fused-ring (bicyclic) bond motifs is 1. The van der Waals surface area contributed by atoms with Crippen LogP contribution >= 0.6 is 11.6 Å². The zero-order valence-corrected chi connectivity index (χ0v) is 14.4. The lowest BCUT2D eigenvalue weighted by Gasteiger charge is -2.06. The number of imidazole rings is 1. The third kappa shape index (κ3) is 3.68. The van der Waals surface area contributed by atoms with Crippen LogP contribution in [0.2, 0.25) is 5.15 Å². The molecule has 130 valence electrons. The van der Waals surface area contributed by atoms with Crippen LogP contribution in [0.1, 0.15) is 5.56 Å². The molecule has 0 bridgehead atoms. The number of hydrogen-bond acceptors (Lipinski definition) is 6. The minimum atomic E-state index is 0.326. The van der Waals surface area contributed by atoms with Gasteiger partial charge in [-0.25, -0.2) is 15.0 Å². The summed E-state index contributed by atoms with van der Waals surface area (Å²) >= 11 is 5.70. The number of nitrogens with zero attached hydrogens (tertiary/aromatic N) is 3. The maximum Gasteiger partial charge on any atom is 0.237 e. The maximum atomic E-state index is 5.78. The van der Waals surface area contributed by atoms with Gasteiger partial charge in [0.15, 0.2) is 0 Å². The zero-order valence-electron chi connectivity index (χ0n) is 13.6. The van der Waals surface area contributed by atoms with Gasteiger partial charge < -0.3 is 20.8 Å². The van der Waals surface area contributed by atoms with Gasteiger partial charge in [0.1, 0.15) is 10.9 Å². The van der Waals surface area contributed by atoms with E-state index in [4.69, 9.17) is 22.1 Å². The van der Waals surface area contributed by atoms with Gasteiger partial charge in [0.25, 0.3) is 0 Å². The fourth-order valence-corrected chi connectivity index (χ4v) is 2.54. The van der Waals surface area contributed by atoms with E-state index in [1.54, 1.807) is 0 Å². The Labute approximate surface area is 154 Å². The van der Waals surface area contributed by atoms with Gasteiger partial charge in [-0.15, -0.1) is 0 Å². The molecule has 0 saturated heterocycles. The summed E-state index contributed by atoms with van der Waals surface area (Å²) in [6, 6.07) is 13.2. The Hall–Kier alpha value is -3.32. The molecule has 0 atom stereocenters. The van der Waals surface area contributed by atoms with Crippen molar-refractivity contribution in [3.8, 4) is 11.6 Å². The fourth-order valence-electron chi connectivity index (χ4n) is 2.45. The Morgan fingerprint density at radius 1 is 1.08 bits per heavy atom. The molecule has 4 rings (SSSR count). The molecule has 0 radical (unpaired) electrons. The van der Waals surface area contributed by atoms with Crippen molar-refractivity contribution in [3.63, 3.8) is 0 Å². The van der Waals surface area contributed by atoms with Crippen molar-refractivity contribution in [2.45, 2.75) is 6.54 Å². The monoisotopic (exact) mass is 366 g/mol. The van der Waals surface area contributed by atoms with Crippen LogP contribution in [0.25, 0.3) is 11.0 Å². The number of halogens is 1. The van der Waals surface area contributed by atoms with Crippen molar-refractivity contribution >= 4 is 34.3 Å². The van der Waals surface area contributed by atoms with Crippen molar-refractivity contribution in [3.05, 3.63) is 65.6 Å². The number of nitrogen functional groups attached to an aromatic ring is 1. The number of aromatic amines is 1. The van der Waals surface area contributed by atoms with Crippen molar-refractivity contribution in [2.24, 2.45) is 0 Å². The summed E-state index contributed by atoms with van der Waals surface area (Å²) in [5, 5.41) is 3.59. The third-order valence-electron chi connectivity index (χ3n) is 3.71. The smallest absolute Gasteiger partial charge is 0.237 e. The van der Waals surface area contributed by atoms with Crippen LogP contribution in [-0.4, -0.2) is 19.9 Å². The molecule has 4 aromatic rings. The molecular weight excluding hydrogens is 352 g/mol. The Bertz CT molecular complexity index is 1030. The summed E-state index contributed by atoms with van der Waals surface area (Å²) in [6.45, 7) is 0.621. The average molecular weight is 367 g/mol. The minimum Gasteiger partial charge on any atom is -0.438 e. The van der Waals surface area contributed by atoms with E-state index >= 15 is 0 Å². The standard InChI is InChI=1S/C18H15ClN6O/c19-16-9-22-17(10-21-16)26-13-4-1-11(2-5-13)8-23-18-24-14-6-3-12(20)7-15(14)25-18/h1-7,9-10H,8,20H2,(H2,23,24,25). The first-order valence-electron chi connectivity index (χ1n) is 7.89. The number of rotatable bonds is 5. The van der Waals surface area contributed by atoms with E-state index in [9.17, 15) is 0 Å².